The van der Waals surface area contributed by atoms with Crippen LogP contribution in [-0.4, -0.2) is 30.0 Å². The topological polar surface area (TPSA) is 68.0 Å². The molecule has 0 saturated carbocycles. The van der Waals surface area contributed by atoms with Crippen molar-refractivity contribution in [2.24, 2.45) is 5.92 Å². The van der Waals surface area contributed by atoms with Gasteiger partial charge in [-0.15, -0.1) is 5.10 Å². The van der Waals surface area contributed by atoms with E-state index in [1.54, 1.807) is 0 Å². The number of ether oxygens (including phenoxy) is 2. The zero-order valence-corrected chi connectivity index (χ0v) is 10.8. The maximum Gasteiger partial charge on any atom is 0.251 e. The van der Waals surface area contributed by atoms with Gasteiger partial charge in [-0.3, -0.25) is 0 Å². The van der Waals surface area contributed by atoms with E-state index < -0.39 is 0 Å². The van der Waals surface area contributed by atoms with Crippen molar-refractivity contribution in [3.8, 4) is 11.9 Å². The molecule has 2 rings (SSSR count). The number of hydrogen-bond donors (Lipinski definition) is 0. The summed E-state index contributed by atoms with van der Waals surface area (Å²) in [6, 6.07) is 2.14. The molecule has 0 atom stereocenters. The van der Waals surface area contributed by atoms with Crippen molar-refractivity contribution in [1.82, 2.24) is 10.2 Å². The van der Waals surface area contributed by atoms with Crippen molar-refractivity contribution < 1.29 is 9.47 Å². The van der Waals surface area contributed by atoms with Crippen molar-refractivity contribution >= 4 is 0 Å². The molecule has 5 heteroatoms. The SMILES string of the molecule is Cc1nnc(OCC2CCOCC2)c(C#N)c1C. The Kier molecular flexibility index (Phi) is 4.11. The molecule has 18 heavy (non-hydrogen) atoms. The van der Waals surface area contributed by atoms with Gasteiger partial charge in [-0.2, -0.15) is 10.4 Å². The van der Waals surface area contributed by atoms with Crippen LogP contribution >= 0.6 is 0 Å². The summed E-state index contributed by atoms with van der Waals surface area (Å²) in [5, 5.41) is 17.1. The number of rotatable bonds is 3. The van der Waals surface area contributed by atoms with Crippen molar-refractivity contribution in [2.75, 3.05) is 19.8 Å². The van der Waals surface area contributed by atoms with Gasteiger partial charge in [-0.25, -0.2) is 0 Å². The van der Waals surface area contributed by atoms with Crippen LogP contribution in [0.1, 0.15) is 29.7 Å². The van der Waals surface area contributed by atoms with E-state index in [1.807, 2.05) is 13.8 Å². The third kappa shape index (κ3) is 2.77. The Balaban J connectivity index is 2.05. The van der Waals surface area contributed by atoms with Crippen LogP contribution in [0.2, 0.25) is 0 Å². The molecular formula is C13H17N3O2. The molecule has 1 fully saturated rings. The summed E-state index contributed by atoms with van der Waals surface area (Å²) in [6.45, 7) is 5.86. The Morgan fingerprint density at radius 2 is 2.06 bits per heavy atom. The molecule has 2 heterocycles. The van der Waals surface area contributed by atoms with Crippen molar-refractivity contribution in [2.45, 2.75) is 26.7 Å². The molecule has 0 aromatic carbocycles. The minimum atomic E-state index is 0.354. The minimum absolute atomic E-state index is 0.354. The van der Waals surface area contributed by atoms with Crippen LogP contribution in [-0.2, 0) is 4.74 Å². The van der Waals surface area contributed by atoms with Gasteiger partial charge in [0, 0.05) is 13.2 Å². The summed E-state index contributed by atoms with van der Waals surface area (Å²) < 4.78 is 10.9. The molecule has 0 spiro atoms. The summed E-state index contributed by atoms with van der Waals surface area (Å²) in [4.78, 5) is 0. The molecule has 1 saturated heterocycles. The summed E-state index contributed by atoms with van der Waals surface area (Å²) in [6.07, 6.45) is 2.00. The molecule has 0 amide bonds. The number of hydrogen-bond acceptors (Lipinski definition) is 5. The maximum absolute atomic E-state index is 9.14. The summed E-state index contributed by atoms with van der Waals surface area (Å²) >= 11 is 0. The molecule has 1 aliphatic rings. The second-order valence-corrected chi connectivity index (χ2v) is 4.57. The smallest absolute Gasteiger partial charge is 0.251 e. The molecular weight excluding hydrogens is 230 g/mol. The number of nitrogens with zero attached hydrogens (tertiary/aromatic N) is 3. The average molecular weight is 247 g/mol. The second-order valence-electron chi connectivity index (χ2n) is 4.57. The molecule has 0 aliphatic carbocycles. The monoisotopic (exact) mass is 247 g/mol. The van der Waals surface area contributed by atoms with Crippen LogP contribution in [0, 0.1) is 31.1 Å². The molecule has 5 nitrogen and oxygen atoms in total. The van der Waals surface area contributed by atoms with Crippen LogP contribution in [0.4, 0.5) is 0 Å². The summed E-state index contributed by atoms with van der Waals surface area (Å²) in [7, 11) is 0. The first-order chi connectivity index (χ1) is 8.72. The molecule has 0 unspecified atom stereocenters. The van der Waals surface area contributed by atoms with E-state index in [0.717, 1.165) is 37.3 Å². The zero-order chi connectivity index (χ0) is 13.0. The van der Waals surface area contributed by atoms with Crippen LogP contribution in [0.15, 0.2) is 0 Å². The first-order valence-electron chi connectivity index (χ1n) is 6.17. The van der Waals surface area contributed by atoms with Gasteiger partial charge in [-0.1, -0.05) is 0 Å². The van der Waals surface area contributed by atoms with Gasteiger partial charge in [0.1, 0.15) is 11.6 Å². The van der Waals surface area contributed by atoms with Crippen molar-refractivity contribution in [1.29, 1.82) is 5.26 Å². The number of aromatic nitrogens is 2. The Morgan fingerprint density at radius 1 is 1.33 bits per heavy atom. The van der Waals surface area contributed by atoms with Gasteiger partial charge in [-0.05, 0) is 38.2 Å². The minimum Gasteiger partial charge on any atom is -0.475 e. The summed E-state index contributed by atoms with van der Waals surface area (Å²) in [5.74, 6) is 0.834. The van der Waals surface area contributed by atoms with Gasteiger partial charge in [0.2, 0.25) is 0 Å². The third-order valence-corrected chi connectivity index (χ3v) is 3.33. The molecule has 1 aliphatic heterocycles. The number of nitriles is 1. The van der Waals surface area contributed by atoms with E-state index in [9.17, 15) is 0 Å². The fourth-order valence-electron chi connectivity index (χ4n) is 1.93. The lowest BCUT2D eigenvalue weighted by atomic mass is 10.0. The zero-order valence-electron chi connectivity index (χ0n) is 10.8. The van der Waals surface area contributed by atoms with E-state index >= 15 is 0 Å². The highest BCUT2D eigenvalue weighted by Crippen LogP contribution is 2.21. The van der Waals surface area contributed by atoms with E-state index in [0.29, 0.717) is 24.0 Å². The molecule has 1 aromatic rings. The molecule has 0 N–H and O–H groups in total. The molecule has 1 aromatic heterocycles. The van der Waals surface area contributed by atoms with E-state index in [2.05, 4.69) is 16.3 Å². The van der Waals surface area contributed by atoms with Gasteiger partial charge in [0.15, 0.2) is 0 Å². The molecule has 0 radical (unpaired) electrons. The highest BCUT2D eigenvalue weighted by Gasteiger charge is 2.17. The van der Waals surface area contributed by atoms with Gasteiger partial charge >= 0.3 is 0 Å². The molecule has 0 bridgehead atoms. The standard InChI is InChI=1S/C13H17N3O2/c1-9-10(2)15-16-13(12(9)7-14)18-8-11-3-5-17-6-4-11/h11H,3-6,8H2,1-2H3. The highest BCUT2D eigenvalue weighted by atomic mass is 16.5. The summed E-state index contributed by atoms with van der Waals surface area (Å²) in [5.41, 5.74) is 2.11. The predicted molar refractivity (Wildman–Crippen MR) is 65.3 cm³/mol. The lowest BCUT2D eigenvalue weighted by Crippen LogP contribution is -2.22. The van der Waals surface area contributed by atoms with Crippen molar-refractivity contribution in [3.05, 3.63) is 16.8 Å². The molecule has 96 valence electrons. The fourth-order valence-corrected chi connectivity index (χ4v) is 1.93. The van der Waals surface area contributed by atoms with E-state index in [1.165, 1.54) is 0 Å². The third-order valence-electron chi connectivity index (χ3n) is 3.33. The first-order valence-corrected chi connectivity index (χ1v) is 6.17. The van der Waals surface area contributed by atoms with Crippen molar-refractivity contribution in [3.63, 3.8) is 0 Å². The van der Waals surface area contributed by atoms with Crippen LogP contribution < -0.4 is 4.74 Å². The van der Waals surface area contributed by atoms with E-state index in [4.69, 9.17) is 14.7 Å². The first kappa shape index (κ1) is 12.8. The Labute approximate surface area is 107 Å². The van der Waals surface area contributed by atoms with E-state index in [-0.39, 0.29) is 0 Å². The van der Waals surface area contributed by atoms with Gasteiger partial charge in [0.25, 0.3) is 5.88 Å². The van der Waals surface area contributed by atoms with Crippen LogP contribution in [0.5, 0.6) is 5.88 Å². The van der Waals surface area contributed by atoms with Gasteiger partial charge < -0.3 is 9.47 Å². The quantitative estimate of drug-likeness (QED) is 0.814. The average Bonchev–Trinajstić information content (AvgIpc) is 2.41. The Morgan fingerprint density at radius 3 is 2.72 bits per heavy atom. The second kappa shape index (κ2) is 5.78. The Hall–Kier alpha value is -1.67. The van der Waals surface area contributed by atoms with Crippen LogP contribution in [0.3, 0.4) is 0 Å². The highest BCUT2D eigenvalue weighted by molar-refractivity contribution is 5.44. The largest absolute Gasteiger partial charge is 0.475 e. The Bertz CT molecular complexity index is 462. The fraction of sp³-hybridized carbons (Fsp3) is 0.615. The van der Waals surface area contributed by atoms with Gasteiger partial charge in [0.05, 0.1) is 12.3 Å². The number of aryl methyl sites for hydroxylation is 1. The van der Waals surface area contributed by atoms with Crippen LogP contribution in [0.25, 0.3) is 0 Å². The normalized spacial score (nSPS) is 16.3. The lowest BCUT2D eigenvalue weighted by molar-refractivity contribution is 0.0488. The lowest BCUT2D eigenvalue weighted by Gasteiger charge is -2.22. The maximum atomic E-state index is 9.14. The predicted octanol–water partition coefficient (Wildman–Crippen LogP) is 1.77.